The van der Waals surface area contributed by atoms with Crippen LogP contribution in [0.4, 0.5) is 5.69 Å². The lowest BCUT2D eigenvalue weighted by Crippen LogP contribution is -2.33. The summed E-state index contributed by atoms with van der Waals surface area (Å²) in [4.78, 5) is 10.4. The molecule has 1 rings (SSSR count). The van der Waals surface area contributed by atoms with E-state index in [4.69, 9.17) is 0 Å². The first-order chi connectivity index (χ1) is 9.21. The van der Waals surface area contributed by atoms with Crippen LogP contribution in [0.2, 0.25) is 0 Å². The third-order valence-electron chi connectivity index (χ3n) is 3.32. The lowest BCUT2D eigenvalue weighted by atomic mass is 9.86. The number of aliphatic hydroxyl groups is 1. The maximum absolute atomic E-state index is 10.8. The molecule has 0 aromatic heterocycles. The van der Waals surface area contributed by atoms with Crippen LogP contribution in [0.3, 0.4) is 0 Å². The van der Waals surface area contributed by atoms with Crippen molar-refractivity contribution >= 4 is 5.69 Å². The van der Waals surface area contributed by atoms with Crippen LogP contribution in [0.1, 0.15) is 45.7 Å². The van der Waals surface area contributed by atoms with E-state index in [0.717, 1.165) is 12.1 Å². The van der Waals surface area contributed by atoms with Crippen molar-refractivity contribution in [2.75, 3.05) is 6.54 Å². The molecule has 1 aromatic carbocycles. The van der Waals surface area contributed by atoms with Gasteiger partial charge in [0, 0.05) is 24.7 Å². The molecule has 2 N–H and O–H groups in total. The van der Waals surface area contributed by atoms with Crippen molar-refractivity contribution in [3.05, 3.63) is 39.9 Å². The molecule has 0 heterocycles. The molecule has 0 saturated carbocycles. The van der Waals surface area contributed by atoms with E-state index < -0.39 is 0 Å². The number of hydrogen-bond acceptors (Lipinski definition) is 4. The van der Waals surface area contributed by atoms with Crippen molar-refractivity contribution in [1.29, 1.82) is 0 Å². The summed E-state index contributed by atoms with van der Waals surface area (Å²) in [6.45, 7) is 8.69. The Balaban J connectivity index is 2.65. The molecule has 2 unspecified atom stereocenters. The van der Waals surface area contributed by atoms with Gasteiger partial charge in [-0.25, -0.2) is 0 Å². The minimum atomic E-state index is -0.381. The normalized spacial score (nSPS) is 14.8. The van der Waals surface area contributed by atoms with Crippen molar-refractivity contribution in [2.45, 2.75) is 46.3 Å². The van der Waals surface area contributed by atoms with Gasteiger partial charge in [-0.1, -0.05) is 26.0 Å². The second-order valence-electron chi connectivity index (χ2n) is 6.17. The molecule has 0 amide bonds. The predicted octanol–water partition coefficient (Wildman–Crippen LogP) is 3.04. The number of hydrogen-bond donors (Lipinski definition) is 2. The summed E-state index contributed by atoms with van der Waals surface area (Å²) in [5.74, 6) is 0. The summed E-state index contributed by atoms with van der Waals surface area (Å²) in [6, 6.07) is 6.70. The maximum Gasteiger partial charge on any atom is 0.269 e. The van der Waals surface area contributed by atoms with Crippen LogP contribution in [0.25, 0.3) is 0 Å². The molecule has 5 nitrogen and oxygen atoms in total. The highest BCUT2D eigenvalue weighted by molar-refractivity contribution is 5.35. The zero-order chi connectivity index (χ0) is 15.3. The van der Waals surface area contributed by atoms with Gasteiger partial charge in [-0.3, -0.25) is 10.1 Å². The number of nitrogens with zero attached hydrogens (tertiary/aromatic N) is 1. The second kappa shape index (κ2) is 6.81. The number of non-ortho nitro benzene ring substituents is 1. The van der Waals surface area contributed by atoms with Crippen LogP contribution < -0.4 is 5.32 Å². The van der Waals surface area contributed by atoms with Crippen molar-refractivity contribution in [3.8, 4) is 0 Å². The van der Waals surface area contributed by atoms with Crippen LogP contribution >= 0.6 is 0 Å². The molecule has 0 aliphatic rings. The highest BCUT2D eigenvalue weighted by Crippen LogP contribution is 2.24. The molecule has 0 aliphatic heterocycles. The van der Waals surface area contributed by atoms with E-state index in [9.17, 15) is 15.2 Å². The number of rotatable bonds is 7. The molecule has 0 fully saturated rings. The van der Waals surface area contributed by atoms with Gasteiger partial charge in [-0.2, -0.15) is 0 Å². The standard InChI is InChI=1S/C15H24N2O3/c1-11(18)9-15(3,4)10-16-12(2)13-6-5-7-14(8-13)17(19)20/h5-8,11-12,16,18H,9-10H2,1-4H3. The quantitative estimate of drug-likeness (QED) is 0.594. The Morgan fingerprint density at radius 2 is 2.05 bits per heavy atom. The van der Waals surface area contributed by atoms with E-state index in [-0.39, 0.29) is 28.2 Å². The Kier molecular flexibility index (Phi) is 5.65. The van der Waals surface area contributed by atoms with Crippen LogP contribution in [-0.4, -0.2) is 22.7 Å². The molecule has 0 radical (unpaired) electrons. The van der Waals surface area contributed by atoms with Gasteiger partial charge in [0.15, 0.2) is 0 Å². The van der Waals surface area contributed by atoms with Gasteiger partial charge in [0.1, 0.15) is 0 Å². The predicted molar refractivity (Wildman–Crippen MR) is 79.6 cm³/mol. The van der Waals surface area contributed by atoms with Crippen molar-refractivity contribution in [2.24, 2.45) is 5.41 Å². The maximum atomic E-state index is 10.8. The molecule has 112 valence electrons. The Morgan fingerprint density at radius 1 is 1.40 bits per heavy atom. The topological polar surface area (TPSA) is 75.4 Å². The van der Waals surface area contributed by atoms with Gasteiger partial charge in [0.05, 0.1) is 11.0 Å². The van der Waals surface area contributed by atoms with Gasteiger partial charge in [0.25, 0.3) is 5.69 Å². The van der Waals surface area contributed by atoms with Gasteiger partial charge >= 0.3 is 0 Å². The fraction of sp³-hybridized carbons (Fsp3) is 0.600. The number of nitro groups is 1. The number of nitrogens with one attached hydrogen (secondary N) is 1. The molecule has 0 bridgehead atoms. The monoisotopic (exact) mass is 280 g/mol. The van der Waals surface area contributed by atoms with E-state index in [1.54, 1.807) is 19.1 Å². The number of aliphatic hydroxyl groups excluding tert-OH is 1. The third-order valence-corrected chi connectivity index (χ3v) is 3.32. The highest BCUT2D eigenvalue weighted by Gasteiger charge is 2.21. The Bertz CT molecular complexity index is 458. The van der Waals surface area contributed by atoms with Crippen molar-refractivity contribution in [3.63, 3.8) is 0 Å². The molecule has 0 saturated heterocycles. The summed E-state index contributed by atoms with van der Waals surface area (Å²) < 4.78 is 0. The van der Waals surface area contributed by atoms with Gasteiger partial charge in [-0.05, 0) is 31.2 Å². The summed E-state index contributed by atoms with van der Waals surface area (Å²) in [5, 5.41) is 23.6. The SMILES string of the molecule is CC(O)CC(C)(C)CNC(C)c1cccc([N+](=O)[O-])c1. The average molecular weight is 280 g/mol. The van der Waals surface area contributed by atoms with Gasteiger partial charge < -0.3 is 10.4 Å². The smallest absolute Gasteiger partial charge is 0.269 e. The summed E-state index contributed by atoms with van der Waals surface area (Å²) in [7, 11) is 0. The van der Waals surface area contributed by atoms with Gasteiger partial charge in [-0.15, -0.1) is 0 Å². The van der Waals surface area contributed by atoms with Crippen molar-refractivity contribution in [1.82, 2.24) is 5.32 Å². The molecule has 0 aliphatic carbocycles. The first kappa shape index (κ1) is 16.6. The first-order valence-corrected chi connectivity index (χ1v) is 6.87. The lowest BCUT2D eigenvalue weighted by Gasteiger charge is -2.28. The summed E-state index contributed by atoms with van der Waals surface area (Å²) in [5.41, 5.74) is 0.981. The molecule has 0 spiro atoms. The molecular weight excluding hydrogens is 256 g/mol. The summed E-state index contributed by atoms with van der Waals surface area (Å²) in [6.07, 6.45) is 0.377. The Hall–Kier alpha value is -1.46. The number of benzene rings is 1. The van der Waals surface area contributed by atoms with Crippen LogP contribution in [0.15, 0.2) is 24.3 Å². The highest BCUT2D eigenvalue weighted by atomic mass is 16.6. The molecule has 5 heteroatoms. The fourth-order valence-electron chi connectivity index (χ4n) is 2.33. The van der Waals surface area contributed by atoms with E-state index in [1.807, 2.05) is 13.0 Å². The molecule has 1 aromatic rings. The minimum Gasteiger partial charge on any atom is -0.393 e. The number of nitro benzene ring substituents is 1. The van der Waals surface area contributed by atoms with Gasteiger partial charge in [0.2, 0.25) is 0 Å². The van der Waals surface area contributed by atoms with E-state index in [0.29, 0.717) is 6.42 Å². The molecule has 2 atom stereocenters. The lowest BCUT2D eigenvalue weighted by molar-refractivity contribution is -0.384. The fourth-order valence-corrected chi connectivity index (χ4v) is 2.33. The summed E-state index contributed by atoms with van der Waals surface area (Å²) >= 11 is 0. The third kappa shape index (κ3) is 5.27. The van der Waals surface area contributed by atoms with E-state index in [1.165, 1.54) is 6.07 Å². The largest absolute Gasteiger partial charge is 0.393 e. The zero-order valence-corrected chi connectivity index (χ0v) is 12.6. The Morgan fingerprint density at radius 3 is 2.60 bits per heavy atom. The minimum absolute atomic E-state index is 0.0247. The van der Waals surface area contributed by atoms with Crippen molar-refractivity contribution < 1.29 is 10.0 Å². The van der Waals surface area contributed by atoms with Crippen LogP contribution in [0.5, 0.6) is 0 Å². The average Bonchev–Trinajstić information content (AvgIpc) is 2.34. The van der Waals surface area contributed by atoms with Crippen LogP contribution in [-0.2, 0) is 0 Å². The van der Waals surface area contributed by atoms with E-state index in [2.05, 4.69) is 19.2 Å². The molecular formula is C15H24N2O3. The zero-order valence-electron chi connectivity index (χ0n) is 12.6. The molecule has 20 heavy (non-hydrogen) atoms. The second-order valence-corrected chi connectivity index (χ2v) is 6.17. The Labute approximate surface area is 120 Å². The van der Waals surface area contributed by atoms with Crippen LogP contribution in [0, 0.1) is 15.5 Å². The van der Waals surface area contributed by atoms with E-state index >= 15 is 0 Å². The first-order valence-electron chi connectivity index (χ1n) is 6.87.